The zero-order valence-electron chi connectivity index (χ0n) is 15.0. The molecule has 1 saturated heterocycles. The minimum Gasteiger partial charge on any atom is -0.353 e. The zero-order chi connectivity index (χ0) is 16.2. The van der Waals surface area contributed by atoms with Crippen LogP contribution < -0.4 is 9.80 Å². The average molecular weight is 316 g/mol. The van der Waals surface area contributed by atoms with Crippen molar-refractivity contribution in [3.8, 4) is 0 Å². The first-order valence-corrected chi connectivity index (χ1v) is 9.57. The lowest BCUT2D eigenvalue weighted by atomic mass is 9.79. The first-order chi connectivity index (χ1) is 11.2. The Kier molecular flexibility index (Phi) is 5.39. The van der Waals surface area contributed by atoms with Crippen LogP contribution in [0.15, 0.2) is 12.3 Å². The summed E-state index contributed by atoms with van der Waals surface area (Å²) in [6.07, 6.45) is 10.5. The molecule has 0 bridgehead atoms. The van der Waals surface area contributed by atoms with E-state index in [0.717, 1.165) is 36.7 Å². The van der Waals surface area contributed by atoms with Crippen molar-refractivity contribution in [1.29, 1.82) is 0 Å². The summed E-state index contributed by atoms with van der Waals surface area (Å²) in [6.45, 7) is 9.79. The van der Waals surface area contributed by atoms with Gasteiger partial charge < -0.3 is 9.80 Å². The lowest BCUT2D eigenvalue weighted by Crippen LogP contribution is -2.30. The van der Waals surface area contributed by atoms with Crippen molar-refractivity contribution in [3.63, 3.8) is 0 Å². The molecule has 2 unspecified atom stereocenters. The normalized spacial score (nSPS) is 25.8. The quantitative estimate of drug-likeness (QED) is 0.818. The van der Waals surface area contributed by atoms with Crippen molar-refractivity contribution in [1.82, 2.24) is 9.97 Å². The maximum Gasteiger partial charge on any atom is 0.227 e. The van der Waals surface area contributed by atoms with E-state index in [2.05, 4.69) is 41.6 Å². The van der Waals surface area contributed by atoms with Crippen molar-refractivity contribution < 1.29 is 0 Å². The maximum absolute atomic E-state index is 4.87. The molecule has 4 heteroatoms. The molecule has 2 fully saturated rings. The first kappa shape index (κ1) is 16.5. The van der Waals surface area contributed by atoms with E-state index in [1.807, 2.05) is 6.20 Å². The summed E-state index contributed by atoms with van der Waals surface area (Å²) >= 11 is 0. The highest BCUT2D eigenvalue weighted by molar-refractivity contribution is 5.45. The monoisotopic (exact) mass is 316 g/mol. The van der Waals surface area contributed by atoms with E-state index >= 15 is 0 Å². The highest BCUT2D eigenvalue weighted by atomic mass is 15.3. The average Bonchev–Trinajstić information content (AvgIpc) is 2.99. The molecule has 0 aromatic carbocycles. The third-order valence-electron chi connectivity index (χ3n) is 5.89. The molecule has 1 aliphatic heterocycles. The SMILES string of the molecule is CCN(CC)c1nccc(N2CC(C3CCCCC3)CC2C)n1. The Morgan fingerprint density at radius 2 is 1.87 bits per heavy atom. The van der Waals surface area contributed by atoms with Gasteiger partial charge in [-0.1, -0.05) is 32.1 Å². The summed E-state index contributed by atoms with van der Waals surface area (Å²) in [7, 11) is 0. The van der Waals surface area contributed by atoms with Crippen molar-refractivity contribution in [2.75, 3.05) is 29.4 Å². The minimum absolute atomic E-state index is 0.598. The molecular weight excluding hydrogens is 284 g/mol. The van der Waals surface area contributed by atoms with Gasteiger partial charge in [-0.2, -0.15) is 4.98 Å². The Hall–Kier alpha value is -1.32. The Balaban J connectivity index is 1.72. The van der Waals surface area contributed by atoms with Gasteiger partial charge in [0.05, 0.1) is 0 Å². The predicted octanol–water partition coefficient (Wildman–Crippen LogP) is 4.12. The smallest absolute Gasteiger partial charge is 0.227 e. The Labute approximate surface area is 141 Å². The number of nitrogens with zero attached hydrogens (tertiary/aromatic N) is 4. The second-order valence-corrected chi connectivity index (χ2v) is 7.28. The molecule has 3 rings (SSSR count). The molecule has 4 nitrogen and oxygen atoms in total. The van der Waals surface area contributed by atoms with Gasteiger partial charge in [0.15, 0.2) is 0 Å². The van der Waals surface area contributed by atoms with Crippen LogP contribution in [0.4, 0.5) is 11.8 Å². The second kappa shape index (κ2) is 7.50. The fourth-order valence-corrected chi connectivity index (χ4v) is 4.50. The third-order valence-corrected chi connectivity index (χ3v) is 5.89. The number of rotatable bonds is 5. The van der Waals surface area contributed by atoms with Crippen LogP contribution in [0.25, 0.3) is 0 Å². The molecule has 1 aromatic rings. The van der Waals surface area contributed by atoms with Crippen molar-refractivity contribution in [2.45, 2.75) is 65.3 Å². The molecule has 2 aliphatic rings. The van der Waals surface area contributed by atoms with Crippen LogP contribution in [0, 0.1) is 11.8 Å². The van der Waals surface area contributed by atoms with Crippen molar-refractivity contribution in [3.05, 3.63) is 12.3 Å². The van der Waals surface area contributed by atoms with Gasteiger partial charge in [-0.25, -0.2) is 4.98 Å². The van der Waals surface area contributed by atoms with Crippen LogP contribution in [-0.2, 0) is 0 Å². The van der Waals surface area contributed by atoms with Crippen LogP contribution in [0.5, 0.6) is 0 Å². The minimum atomic E-state index is 0.598. The summed E-state index contributed by atoms with van der Waals surface area (Å²) in [4.78, 5) is 14.1. The predicted molar refractivity (Wildman–Crippen MR) is 97.1 cm³/mol. The molecule has 128 valence electrons. The highest BCUT2D eigenvalue weighted by Gasteiger charge is 2.35. The fraction of sp³-hybridized carbons (Fsp3) is 0.789. The molecule has 1 saturated carbocycles. The number of hydrogen-bond donors (Lipinski definition) is 0. The highest BCUT2D eigenvalue weighted by Crippen LogP contribution is 2.38. The largest absolute Gasteiger partial charge is 0.353 e. The van der Waals surface area contributed by atoms with Gasteiger partial charge in [0.1, 0.15) is 5.82 Å². The number of anilines is 2. The molecule has 2 atom stereocenters. The van der Waals surface area contributed by atoms with Gasteiger partial charge in [-0.3, -0.25) is 0 Å². The Morgan fingerprint density at radius 1 is 1.13 bits per heavy atom. The topological polar surface area (TPSA) is 32.3 Å². The molecule has 0 spiro atoms. The fourth-order valence-electron chi connectivity index (χ4n) is 4.50. The van der Waals surface area contributed by atoms with Crippen molar-refractivity contribution >= 4 is 11.8 Å². The van der Waals surface area contributed by atoms with E-state index in [1.165, 1.54) is 45.1 Å². The van der Waals surface area contributed by atoms with E-state index in [9.17, 15) is 0 Å². The summed E-state index contributed by atoms with van der Waals surface area (Å²) in [5, 5.41) is 0. The molecule has 0 radical (unpaired) electrons. The van der Waals surface area contributed by atoms with E-state index in [1.54, 1.807) is 0 Å². The second-order valence-electron chi connectivity index (χ2n) is 7.28. The van der Waals surface area contributed by atoms with Crippen LogP contribution in [0.1, 0.15) is 59.3 Å². The molecular formula is C19H32N4. The number of hydrogen-bond acceptors (Lipinski definition) is 4. The third kappa shape index (κ3) is 3.61. The van der Waals surface area contributed by atoms with Crippen LogP contribution in [-0.4, -0.2) is 35.6 Å². The molecule has 0 N–H and O–H groups in total. The Bertz CT molecular complexity index is 494. The van der Waals surface area contributed by atoms with Crippen molar-refractivity contribution in [2.24, 2.45) is 11.8 Å². The van der Waals surface area contributed by atoms with Gasteiger partial charge in [0, 0.05) is 31.9 Å². The summed E-state index contributed by atoms with van der Waals surface area (Å²) in [5.74, 6) is 3.80. The lowest BCUT2D eigenvalue weighted by molar-refractivity contribution is 0.261. The molecule has 23 heavy (non-hydrogen) atoms. The lowest BCUT2D eigenvalue weighted by Gasteiger charge is -2.28. The van der Waals surface area contributed by atoms with Crippen LogP contribution in [0.2, 0.25) is 0 Å². The molecule has 1 aromatic heterocycles. The van der Waals surface area contributed by atoms with E-state index in [4.69, 9.17) is 4.98 Å². The van der Waals surface area contributed by atoms with Gasteiger partial charge in [0.2, 0.25) is 5.95 Å². The summed E-state index contributed by atoms with van der Waals surface area (Å²) in [5.41, 5.74) is 0. The zero-order valence-corrected chi connectivity index (χ0v) is 15.0. The van der Waals surface area contributed by atoms with E-state index in [-0.39, 0.29) is 0 Å². The number of aromatic nitrogens is 2. The van der Waals surface area contributed by atoms with Gasteiger partial charge >= 0.3 is 0 Å². The summed E-state index contributed by atoms with van der Waals surface area (Å²) in [6, 6.07) is 2.69. The Morgan fingerprint density at radius 3 is 2.57 bits per heavy atom. The van der Waals surface area contributed by atoms with Gasteiger partial charge in [-0.05, 0) is 45.1 Å². The molecule has 0 amide bonds. The standard InChI is InChI=1S/C19H32N4/c1-4-22(5-2)19-20-12-11-18(21-19)23-14-17(13-15(23)3)16-9-7-6-8-10-16/h11-12,15-17H,4-10,13-14H2,1-3H3. The van der Waals surface area contributed by atoms with E-state index < -0.39 is 0 Å². The van der Waals surface area contributed by atoms with E-state index in [0.29, 0.717) is 6.04 Å². The maximum atomic E-state index is 4.87. The van der Waals surface area contributed by atoms with Gasteiger partial charge in [-0.15, -0.1) is 0 Å². The van der Waals surface area contributed by atoms with Crippen LogP contribution in [0.3, 0.4) is 0 Å². The molecule has 2 heterocycles. The summed E-state index contributed by atoms with van der Waals surface area (Å²) < 4.78 is 0. The van der Waals surface area contributed by atoms with Crippen LogP contribution >= 0.6 is 0 Å². The van der Waals surface area contributed by atoms with Gasteiger partial charge in [0.25, 0.3) is 0 Å². The molecule has 1 aliphatic carbocycles. The first-order valence-electron chi connectivity index (χ1n) is 9.57.